The maximum absolute atomic E-state index is 12.5. The highest BCUT2D eigenvalue weighted by Crippen LogP contribution is 2.28. The largest absolute Gasteiger partial charge is 0.573 e. The van der Waals surface area contributed by atoms with Crippen LogP contribution in [0.2, 0.25) is 0 Å². The highest BCUT2D eigenvalue weighted by Gasteiger charge is 2.31. The molecule has 1 aromatic heterocycles. The predicted molar refractivity (Wildman–Crippen MR) is 135 cm³/mol. The number of benzene rings is 1. The Labute approximate surface area is 210 Å². The van der Waals surface area contributed by atoms with E-state index in [0.717, 1.165) is 38.9 Å². The molecule has 4 rings (SSSR count). The molecule has 8 nitrogen and oxygen atoms in total. The maximum atomic E-state index is 12.5. The Balaban J connectivity index is 1.53. The minimum atomic E-state index is -4.73. The van der Waals surface area contributed by atoms with E-state index in [1.54, 1.807) is 24.1 Å². The zero-order valence-corrected chi connectivity index (χ0v) is 21.0. The van der Waals surface area contributed by atoms with E-state index in [1.807, 2.05) is 0 Å². The van der Waals surface area contributed by atoms with Crippen LogP contribution in [0, 0.1) is 0 Å². The van der Waals surface area contributed by atoms with Gasteiger partial charge in [-0.15, -0.1) is 13.2 Å². The summed E-state index contributed by atoms with van der Waals surface area (Å²) in [6.07, 6.45) is 4.61. The second kappa shape index (κ2) is 11.9. The van der Waals surface area contributed by atoms with Crippen molar-refractivity contribution in [3.8, 4) is 5.75 Å². The number of anilines is 4. The molecule has 0 spiro atoms. The van der Waals surface area contributed by atoms with E-state index >= 15 is 0 Å². The zero-order valence-electron chi connectivity index (χ0n) is 21.0. The first-order valence-electron chi connectivity index (χ1n) is 12.9. The maximum Gasteiger partial charge on any atom is 0.573 e. The Bertz CT molecular complexity index is 965. The average Bonchev–Trinajstić information content (AvgIpc) is 3.16. The van der Waals surface area contributed by atoms with Gasteiger partial charge in [0, 0.05) is 31.4 Å². The van der Waals surface area contributed by atoms with Gasteiger partial charge in [-0.2, -0.15) is 15.0 Å². The summed E-state index contributed by atoms with van der Waals surface area (Å²) < 4.78 is 41.6. The summed E-state index contributed by atoms with van der Waals surface area (Å²) in [5.74, 6) is 1.14. The third kappa shape index (κ3) is 7.35. The molecule has 0 bridgehead atoms. The molecule has 1 saturated carbocycles. The Morgan fingerprint density at radius 3 is 2.33 bits per heavy atom. The molecule has 1 aliphatic carbocycles. The van der Waals surface area contributed by atoms with Gasteiger partial charge in [0.05, 0.1) is 0 Å². The minimum absolute atomic E-state index is 0.273. The molecular weight excluding hydrogens is 471 g/mol. The number of alkyl halides is 3. The van der Waals surface area contributed by atoms with Crippen molar-refractivity contribution in [1.82, 2.24) is 19.9 Å². The standard InChI is InChI=1S/C25H36F3N7O/c1-3-35-16-8-11-20(35)17-29-22-31-23(30-18-9-6-4-5-7-10-18)33-24(32-22)34(2)19-12-14-21(15-13-19)36-25(26,27)28/h12-15,18,20H,3-11,16-17H2,1-2H3,(H2,29,30,31,32,33). The minimum Gasteiger partial charge on any atom is -0.406 e. The van der Waals surface area contributed by atoms with E-state index in [9.17, 15) is 13.2 Å². The van der Waals surface area contributed by atoms with Gasteiger partial charge in [0.15, 0.2) is 0 Å². The van der Waals surface area contributed by atoms with Crippen LogP contribution in [0.3, 0.4) is 0 Å². The number of hydrogen-bond donors (Lipinski definition) is 2. The van der Waals surface area contributed by atoms with Gasteiger partial charge in [-0.1, -0.05) is 32.6 Å². The number of rotatable bonds is 9. The van der Waals surface area contributed by atoms with Gasteiger partial charge >= 0.3 is 6.36 Å². The second-order valence-corrected chi connectivity index (χ2v) is 9.52. The first kappa shape index (κ1) is 26.2. The van der Waals surface area contributed by atoms with Crippen LogP contribution in [0.1, 0.15) is 58.3 Å². The van der Waals surface area contributed by atoms with Crippen molar-refractivity contribution in [2.75, 3.05) is 42.2 Å². The van der Waals surface area contributed by atoms with Gasteiger partial charge in [-0.05, 0) is 63.0 Å². The van der Waals surface area contributed by atoms with E-state index in [1.165, 1.54) is 44.2 Å². The van der Waals surface area contributed by atoms with Gasteiger partial charge < -0.3 is 20.3 Å². The number of nitrogens with zero attached hydrogens (tertiary/aromatic N) is 5. The second-order valence-electron chi connectivity index (χ2n) is 9.52. The lowest BCUT2D eigenvalue weighted by atomic mass is 10.1. The lowest BCUT2D eigenvalue weighted by Crippen LogP contribution is -2.35. The number of likely N-dealkylation sites (tertiary alicyclic amines) is 1. The summed E-state index contributed by atoms with van der Waals surface area (Å²) in [7, 11) is 1.78. The molecule has 2 fully saturated rings. The van der Waals surface area contributed by atoms with Crippen LogP contribution in [-0.2, 0) is 0 Å². The molecule has 1 atom stereocenters. The fourth-order valence-corrected chi connectivity index (χ4v) is 5.00. The van der Waals surface area contributed by atoms with Crippen molar-refractivity contribution in [1.29, 1.82) is 0 Å². The number of hydrogen-bond acceptors (Lipinski definition) is 8. The monoisotopic (exact) mass is 507 g/mol. The van der Waals surface area contributed by atoms with Crippen molar-refractivity contribution in [3.63, 3.8) is 0 Å². The number of ether oxygens (including phenoxy) is 1. The van der Waals surface area contributed by atoms with Crippen molar-refractivity contribution in [2.45, 2.75) is 76.7 Å². The van der Waals surface area contributed by atoms with Crippen LogP contribution in [0.5, 0.6) is 5.75 Å². The summed E-state index contributed by atoms with van der Waals surface area (Å²) in [6.45, 7) is 5.04. The Kier molecular flexibility index (Phi) is 8.71. The molecule has 1 saturated heterocycles. The topological polar surface area (TPSA) is 78.4 Å². The van der Waals surface area contributed by atoms with Gasteiger partial charge in [0.2, 0.25) is 17.8 Å². The normalized spacial score (nSPS) is 19.6. The Morgan fingerprint density at radius 2 is 1.67 bits per heavy atom. The Hall–Kier alpha value is -2.82. The summed E-state index contributed by atoms with van der Waals surface area (Å²) in [5.41, 5.74) is 0.634. The van der Waals surface area contributed by atoms with E-state index in [0.29, 0.717) is 35.6 Å². The van der Waals surface area contributed by atoms with E-state index in [2.05, 4.69) is 42.1 Å². The fourth-order valence-electron chi connectivity index (χ4n) is 5.00. The number of likely N-dealkylation sites (N-methyl/N-ethyl adjacent to an activating group) is 1. The molecule has 2 aliphatic rings. The third-order valence-electron chi connectivity index (χ3n) is 6.97. The van der Waals surface area contributed by atoms with Crippen molar-refractivity contribution < 1.29 is 17.9 Å². The van der Waals surface area contributed by atoms with Gasteiger partial charge in [-0.25, -0.2) is 0 Å². The van der Waals surface area contributed by atoms with E-state index in [4.69, 9.17) is 0 Å². The van der Waals surface area contributed by atoms with Crippen LogP contribution < -0.4 is 20.3 Å². The molecule has 1 aromatic carbocycles. The number of aromatic nitrogens is 3. The highest BCUT2D eigenvalue weighted by molar-refractivity contribution is 5.59. The molecular formula is C25H36F3N7O. The molecule has 2 aromatic rings. The van der Waals surface area contributed by atoms with Crippen LogP contribution in [0.15, 0.2) is 24.3 Å². The van der Waals surface area contributed by atoms with E-state index in [-0.39, 0.29) is 5.75 Å². The lowest BCUT2D eigenvalue weighted by molar-refractivity contribution is -0.274. The van der Waals surface area contributed by atoms with Gasteiger partial charge in [-0.3, -0.25) is 4.90 Å². The first-order valence-corrected chi connectivity index (χ1v) is 12.9. The van der Waals surface area contributed by atoms with Crippen LogP contribution in [-0.4, -0.2) is 65.0 Å². The molecule has 2 N–H and O–H groups in total. The average molecular weight is 508 g/mol. The number of halogens is 3. The molecule has 1 unspecified atom stereocenters. The van der Waals surface area contributed by atoms with Crippen LogP contribution in [0.25, 0.3) is 0 Å². The molecule has 198 valence electrons. The highest BCUT2D eigenvalue weighted by atomic mass is 19.4. The zero-order chi connectivity index (χ0) is 25.5. The summed E-state index contributed by atoms with van der Waals surface area (Å²) in [6, 6.07) is 6.41. The van der Waals surface area contributed by atoms with Crippen LogP contribution in [0.4, 0.5) is 36.7 Å². The SMILES string of the molecule is CCN1CCCC1CNc1nc(NC2CCCCCC2)nc(N(C)c2ccc(OC(F)(F)F)cc2)n1. The fraction of sp³-hybridized carbons (Fsp3) is 0.640. The molecule has 11 heteroatoms. The summed E-state index contributed by atoms with van der Waals surface area (Å²) in [5, 5.41) is 6.91. The van der Waals surface area contributed by atoms with E-state index < -0.39 is 6.36 Å². The summed E-state index contributed by atoms with van der Waals surface area (Å²) >= 11 is 0. The van der Waals surface area contributed by atoms with Gasteiger partial charge in [0.25, 0.3) is 0 Å². The predicted octanol–water partition coefficient (Wildman–Crippen LogP) is 5.57. The lowest BCUT2D eigenvalue weighted by Gasteiger charge is -2.24. The summed E-state index contributed by atoms with van der Waals surface area (Å²) in [4.78, 5) is 18.1. The molecule has 0 radical (unpaired) electrons. The molecule has 36 heavy (non-hydrogen) atoms. The molecule has 1 aliphatic heterocycles. The molecule has 0 amide bonds. The molecule has 2 heterocycles. The number of nitrogens with one attached hydrogen (secondary N) is 2. The van der Waals surface area contributed by atoms with Crippen molar-refractivity contribution in [3.05, 3.63) is 24.3 Å². The third-order valence-corrected chi connectivity index (χ3v) is 6.97. The van der Waals surface area contributed by atoms with Crippen molar-refractivity contribution in [2.24, 2.45) is 0 Å². The van der Waals surface area contributed by atoms with Crippen molar-refractivity contribution >= 4 is 23.5 Å². The van der Waals surface area contributed by atoms with Crippen LogP contribution >= 0.6 is 0 Å². The smallest absolute Gasteiger partial charge is 0.406 e. The Morgan fingerprint density at radius 1 is 0.972 bits per heavy atom. The quantitative estimate of drug-likeness (QED) is 0.427. The van der Waals surface area contributed by atoms with Gasteiger partial charge in [0.1, 0.15) is 5.75 Å². The first-order chi connectivity index (χ1) is 17.3.